The average molecular weight is 265 g/mol. The molecule has 1 fully saturated rings. The van der Waals surface area contributed by atoms with Crippen LogP contribution in [0.3, 0.4) is 0 Å². The van der Waals surface area contributed by atoms with Crippen LogP contribution in [-0.4, -0.2) is 23.5 Å². The molecule has 0 aliphatic heterocycles. The Balaban J connectivity index is 1.84. The smallest absolute Gasteiger partial charge is 0.307 e. The molecule has 4 nitrogen and oxygen atoms in total. The minimum atomic E-state index is -0.831. The topological polar surface area (TPSA) is 66.4 Å². The van der Waals surface area contributed by atoms with E-state index in [1.807, 2.05) is 12.2 Å². The van der Waals surface area contributed by atoms with Gasteiger partial charge in [0.25, 0.3) is 0 Å². The van der Waals surface area contributed by atoms with Crippen molar-refractivity contribution in [3.63, 3.8) is 0 Å². The molecule has 2 rings (SSSR count). The second-order valence-electron chi connectivity index (χ2n) is 5.69. The second kappa shape index (κ2) is 6.22. The lowest BCUT2D eigenvalue weighted by Gasteiger charge is -2.23. The van der Waals surface area contributed by atoms with Crippen LogP contribution in [-0.2, 0) is 9.59 Å². The molecule has 19 heavy (non-hydrogen) atoms. The van der Waals surface area contributed by atoms with Crippen LogP contribution in [0.25, 0.3) is 0 Å². The van der Waals surface area contributed by atoms with Gasteiger partial charge in [-0.05, 0) is 24.7 Å². The number of carbonyl (C=O) groups is 2. The van der Waals surface area contributed by atoms with E-state index >= 15 is 0 Å². The van der Waals surface area contributed by atoms with Gasteiger partial charge >= 0.3 is 5.97 Å². The Labute approximate surface area is 114 Å². The Kier molecular flexibility index (Phi) is 4.61. The molecule has 2 aliphatic carbocycles. The van der Waals surface area contributed by atoms with E-state index in [0.717, 1.165) is 19.3 Å². The summed E-state index contributed by atoms with van der Waals surface area (Å²) in [5.74, 6) is -1.60. The molecular formula is C15H23NO3. The Hall–Kier alpha value is -1.32. The monoisotopic (exact) mass is 265 g/mol. The molecule has 1 saturated carbocycles. The number of hydrogen-bond donors (Lipinski definition) is 2. The van der Waals surface area contributed by atoms with Crippen LogP contribution in [0.2, 0.25) is 0 Å². The van der Waals surface area contributed by atoms with E-state index in [-0.39, 0.29) is 23.7 Å². The maximum atomic E-state index is 12.2. The molecular weight excluding hydrogens is 242 g/mol. The highest BCUT2D eigenvalue weighted by Gasteiger charge is 2.51. The number of hydrogen-bond acceptors (Lipinski definition) is 2. The molecule has 106 valence electrons. The van der Waals surface area contributed by atoms with Gasteiger partial charge in [-0.25, -0.2) is 0 Å². The van der Waals surface area contributed by atoms with E-state index < -0.39 is 11.9 Å². The maximum absolute atomic E-state index is 12.2. The molecule has 0 radical (unpaired) electrons. The Morgan fingerprint density at radius 2 is 1.84 bits per heavy atom. The van der Waals surface area contributed by atoms with Gasteiger partial charge in [-0.3, -0.25) is 9.59 Å². The zero-order valence-electron chi connectivity index (χ0n) is 11.5. The van der Waals surface area contributed by atoms with Crippen LogP contribution >= 0.6 is 0 Å². The summed E-state index contributed by atoms with van der Waals surface area (Å²) in [6, 6.07) is 0. The number of carboxylic acid groups (broad SMARTS) is 1. The number of carbonyl (C=O) groups excluding carboxylic acids is 1. The molecule has 0 aromatic carbocycles. The van der Waals surface area contributed by atoms with E-state index in [4.69, 9.17) is 0 Å². The van der Waals surface area contributed by atoms with Gasteiger partial charge in [0.1, 0.15) is 0 Å². The van der Waals surface area contributed by atoms with Gasteiger partial charge in [0.05, 0.1) is 11.8 Å². The first-order valence-electron chi connectivity index (χ1n) is 7.34. The fourth-order valence-corrected chi connectivity index (χ4v) is 3.40. The lowest BCUT2D eigenvalue weighted by molar-refractivity contribution is -0.147. The van der Waals surface area contributed by atoms with Crippen LogP contribution < -0.4 is 5.32 Å². The Bertz CT molecular complexity index is 378. The summed E-state index contributed by atoms with van der Waals surface area (Å²) in [4.78, 5) is 23.5. The molecule has 4 heteroatoms. The highest BCUT2D eigenvalue weighted by molar-refractivity contribution is 5.86. The minimum Gasteiger partial charge on any atom is -0.481 e. The van der Waals surface area contributed by atoms with Crippen LogP contribution in [0.5, 0.6) is 0 Å². The van der Waals surface area contributed by atoms with Gasteiger partial charge in [-0.1, -0.05) is 38.3 Å². The lowest BCUT2D eigenvalue weighted by atomic mass is 9.82. The highest BCUT2D eigenvalue weighted by Crippen LogP contribution is 2.48. The summed E-state index contributed by atoms with van der Waals surface area (Å²) in [7, 11) is 0. The summed E-state index contributed by atoms with van der Waals surface area (Å²) in [5.41, 5.74) is 0. The number of rotatable bonds is 7. The van der Waals surface area contributed by atoms with Crippen molar-refractivity contribution in [3.8, 4) is 0 Å². The second-order valence-corrected chi connectivity index (χ2v) is 5.69. The van der Waals surface area contributed by atoms with Crippen LogP contribution in [0.4, 0.5) is 0 Å². The summed E-state index contributed by atoms with van der Waals surface area (Å²) in [5, 5.41) is 12.2. The fraction of sp³-hybridized carbons (Fsp3) is 0.733. The van der Waals surface area contributed by atoms with Crippen molar-refractivity contribution >= 4 is 11.9 Å². The number of nitrogens with one attached hydrogen (secondary N) is 1. The third-order valence-electron chi connectivity index (χ3n) is 4.38. The van der Waals surface area contributed by atoms with Gasteiger partial charge in [0, 0.05) is 6.54 Å². The Morgan fingerprint density at radius 1 is 1.16 bits per heavy atom. The van der Waals surface area contributed by atoms with Crippen molar-refractivity contribution in [3.05, 3.63) is 12.2 Å². The lowest BCUT2D eigenvalue weighted by Crippen LogP contribution is -2.40. The largest absolute Gasteiger partial charge is 0.481 e. The molecule has 0 spiro atoms. The van der Waals surface area contributed by atoms with E-state index in [1.54, 1.807) is 0 Å². The zero-order chi connectivity index (χ0) is 13.8. The highest BCUT2D eigenvalue weighted by atomic mass is 16.4. The van der Waals surface area contributed by atoms with Crippen molar-refractivity contribution in [2.24, 2.45) is 23.7 Å². The van der Waals surface area contributed by atoms with Gasteiger partial charge in [-0.15, -0.1) is 0 Å². The van der Waals surface area contributed by atoms with Crippen molar-refractivity contribution in [1.82, 2.24) is 5.32 Å². The van der Waals surface area contributed by atoms with Crippen LogP contribution in [0.1, 0.15) is 39.0 Å². The van der Waals surface area contributed by atoms with Crippen LogP contribution in [0, 0.1) is 23.7 Å². The third kappa shape index (κ3) is 2.99. The van der Waals surface area contributed by atoms with E-state index in [2.05, 4.69) is 12.2 Å². The van der Waals surface area contributed by atoms with Crippen molar-refractivity contribution < 1.29 is 14.7 Å². The maximum Gasteiger partial charge on any atom is 0.307 e. The van der Waals surface area contributed by atoms with Gasteiger partial charge in [-0.2, -0.15) is 0 Å². The van der Waals surface area contributed by atoms with Crippen LogP contribution in [0.15, 0.2) is 12.2 Å². The average Bonchev–Trinajstić information content (AvgIpc) is 2.98. The molecule has 2 bridgehead atoms. The predicted octanol–water partition coefficient (Wildman–Crippen LogP) is 2.21. The number of unbranched alkanes of at least 4 members (excludes halogenated alkanes) is 3. The number of allylic oxidation sites excluding steroid dienone is 2. The molecule has 4 unspecified atom stereocenters. The number of amides is 1. The number of aliphatic carboxylic acids is 1. The van der Waals surface area contributed by atoms with E-state index in [0.29, 0.717) is 6.54 Å². The number of fused-ring (bicyclic) bond motifs is 2. The van der Waals surface area contributed by atoms with Gasteiger partial charge < -0.3 is 10.4 Å². The SMILES string of the molecule is CCCCCCNC(=O)C1C2C=CC(C2)C1C(=O)O. The van der Waals surface area contributed by atoms with Gasteiger partial charge in [0.2, 0.25) is 5.91 Å². The van der Waals surface area contributed by atoms with Crippen molar-refractivity contribution in [2.75, 3.05) is 6.54 Å². The molecule has 0 heterocycles. The van der Waals surface area contributed by atoms with E-state index in [9.17, 15) is 14.7 Å². The first-order valence-corrected chi connectivity index (χ1v) is 7.34. The molecule has 0 saturated heterocycles. The van der Waals surface area contributed by atoms with E-state index in [1.165, 1.54) is 12.8 Å². The fourth-order valence-electron chi connectivity index (χ4n) is 3.40. The number of carboxylic acids is 1. The Morgan fingerprint density at radius 3 is 2.47 bits per heavy atom. The van der Waals surface area contributed by atoms with Crippen molar-refractivity contribution in [1.29, 1.82) is 0 Å². The first kappa shape index (κ1) is 14.1. The molecule has 4 atom stereocenters. The van der Waals surface area contributed by atoms with Crippen molar-refractivity contribution in [2.45, 2.75) is 39.0 Å². The molecule has 1 amide bonds. The standard InChI is InChI=1S/C15H23NO3/c1-2-3-4-5-8-16-14(17)12-10-6-7-11(9-10)13(12)15(18)19/h6-7,10-13H,2-5,8-9H2,1H3,(H,16,17)(H,18,19). The normalized spacial score (nSPS) is 31.6. The summed E-state index contributed by atoms with van der Waals surface area (Å²) >= 11 is 0. The quantitative estimate of drug-likeness (QED) is 0.548. The molecule has 0 aromatic rings. The summed E-state index contributed by atoms with van der Waals surface area (Å²) < 4.78 is 0. The summed E-state index contributed by atoms with van der Waals surface area (Å²) in [6.07, 6.45) is 9.27. The predicted molar refractivity (Wildman–Crippen MR) is 72.5 cm³/mol. The molecule has 2 N–H and O–H groups in total. The first-order chi connectivity index (χ1) is 9.15. The zero-order valence-corrected chi connectivity index (χ0v) is 11.5. The third-order valence-corrected chi connectivity index (χ3v) is 4.38. The molecule has 0 aromatic heterocycles. The summed E-state index contributed by atoms with van der Waals surface area (Å²) in [6.45, 7) is 2.82. The van der Waals surface area contributed by atoms with Gasteiger partial charge in [0.15, 0.2) is 0 Å². The molecule has 2 aliphatic rings. The minimum absolute atomic E-state index is 0.0540.